The van der Waals surface area contributed by atoms with Crippen molar-refractivity contribution in [3.8, 4) is 0 Å². The molecule has 0 saturated heterocycles. The SMILES string of the molecule is C[B]c1nc2c(=O)[nH]c3cc(C)c(C)cc3n2c1C. The predicted octanol–water partition coefficient (Wildman–Crippen LogP) is 1.48. The summed E-state index contributed by atoms with van der Waals surface area (Å²) >= 11 is 0. The van der Waals surface area contributed by atoms with Gasteiger partial charge in [0.2, 0.25) is 5.65 Å². The fourth-order valence-corrected chi connectivity index (χ4v) is 2.50. The van der Waals surface area contributed by atoms with Crippen LogP contribution in [0.1, 0.15) is 16.8 Å². The van der Waals surface area contributed by atoms with E-state index in [1.807, 2.05) is 38.4 Å². The highest BCUT2D eigenvalue weighted by Crippen LogP contribution is 2.18. The van der Waals surface area contributed by atoms with E-state index in [4.69, 9.17) is 0 Å². The number of aromatic nitrogens is 3. The summed E-state index contributed by atoms with van der Waals surface area (Å²) in [4.78, 5) is 19.4. The molecule has 1 aromatic carbocycles. The van der Waals surface area contributed by atoms with Gasteiger partial charge in [-0.05, 0) is 44.0 Å². The molecular formula is C14H15BN3O. The smallest absolute Gasteiger partial charge is 0.292 e. The number of nitrogens with zero attached hydrogens (tertiary/aromatic N) is 2. The molecule has 2 aromatic heterocycles. The van der Waals surface area contributed by atoms with E-state index in [1.165, 1.54) is 11.1 Å². The van der Waals surface area contributed by atoms with E-state index < -0.39 is 0 Å². The van der Waals surface area contributed by atoms with Crippen molar-refractivity contribution in [2.24, 2.45) is 0 Å². The normalized spacial score (nSPS) is 11.4. The number of imidazole rings is 1. The molecular weight excluding hydrogens is 237 g/mol. The Balaban J connectivity index is 2.61. The Morgan fingerprint density at radius 3 is 2.58 bits per heavy atom. The number of H-pyrrole nitrogens is 1. The molecule has 4 nitrogen and oxygen atoms in total. The first kappa shape index (κ1) is 12.0. The third-order valence-electron chi connectivity index (χ3n) is 3.72. The van der Waals surface area contributed by atoms with Gasteiger partial charge in [-0.25, -0.2) is 4.98 Å². The third kappa shape index (κ3) is 1.61. The number of nitrogens with one attached hydrogen (secondary N) is 1. The molecule has 0 bridgehead atoms. The van der Waals surface area contributed by atoms with Crippen LogP contribution in [0, 0.1) is 20.8 Å². The molecule has 19 heavy (non-hydrogen) atoms. The summed E-state index contributed by atoms with van der Waals surface area (Å²) < 4.78 is 1.94. The van der Waals surface area contributed by atoms with Crippen molar-refractivity contribution in [2.45, 2.75) is 27.6 Å². The second kappa shape index (κ2) is 3.98. The van der Waals surface area contributed by atoms with Crippen LogP contribution in [0.3, 0.4) is 0 Å². The van der Waals surface area contributed by atoms with E-state index in [0.29, 0.717) is 5.65 Å². The average Bonchev–Trinajstić information content (AvgIpc) is 2.70. The lowest BCUT2D eigenvalue weighted by Crippen LogP contribution is -2.15. The van der Waals surface area contributed by atoms with Gasteiger partial charge in [-0.15, -0.1) is 0 Å². The van der Waals surface area contributed by atoms with Gasteiger partial charge in [-0.3, -0.25) is 9.20 Å². The van der Waals surface area contributed by atoms with Crippen molar-refractivity contribution in [1.82, 2.24) is 14.4 Å². The Bertz CT molecular complexity index is 861. The van der Waals surface area contributed by atoms with Crippen molar-refractivity contribution in [1.29, 1.82) is 0 Å². The predicted molar refractivity (Wildman–Crippen MR) is 78.8 cm³/mol. The summed E-state index contributed by atoms with van der Waals surface area (Å²) in [5.74, 6) is 0. The fraction of sp³-hybridized carbons (Fsp3) is 0.286. The molecule has 0 saturated carbocycles. The number of hydrogen-bond donors (Lipinski definition) is 1. The molecule has 0 fully saturated rings. The molecule has 3 aromatic rings. The summed E-state index contributed by atoms with van der Waals surface area (Å²) in [5, 5.41) is 0. The number of hydrogen-bond acceptors (Lipinski definition) is 2. The lowest BCUT2D eigenvalue weighted by molar-refractivity contribution is 1.11. The van der Waals surface area contributed by atoms with E-state index in [0.717, 1.165) is 22.3 Å². The molecule has 1 N–H and O–H groups in total. The third-order valence-corrected chi connectivity index (χ3v) is 3.72. The zero-order valence-electron chi connectivity index (χ0n) is 11.5. The molecule has 0 aliphatic carbocycles. The van der Waals surface area contributed by atoms with E-state index in [1.54, 1.807) is 0 Å². The number of fused-ring (bicyclic) bond motifs is 3. The maximum atomic E-state index is 12.1. The molecule has 0 spiro atoms. The van der Waals surface area contributed by atoms with Gasteiger partial charge < -0.3 is 4.98 Å². The standard InChI is InChI=1S/C14H15BN3O/c1-7-5-10-11(6-8(7)2)18-9(3)12(15-4)17-13(18)14(19)16-10/h5-6H,1-4H3,(H,16,19). The largest absolute Gasteiger partial charge is 0.317 e. The second-order valence-electron chi connectivity index (χ2n) is 4.94. The molecule has 0 aliphatic rings. The molecule has 5 heteroatoms. The van der Waals surface area contributed by atoms with Gasteiger partial charge in [0, 0.05) is 11.3 Å². The second-order valence-corrected chi connectivity index (χ2v) is 4.94. The zero-order valence-corrected chi connectivity index (χ0v) is 11.5. The van der Waals surface area contributed by atoms with Gasteiger partial charge in [0.1, 0.15) is 0 Å². The van der Waals surface area contributed by atoms with E-state index in [9.17, 15) is 4.79 Å². The quantitative estimate of drug-likeness (QED) is 0.667. The highest BCUT2D eigenvalue weighted by molar-refractivity contribution is 6.51. The van der Waals surface area contributed by atoms with Crippen LogP contribution in [0.15, 0.2) is 16.9 Å². The Morgan fingerprint density at radius 1 is 1.21 bits per heavy atom. The van der Waals surface area contributed by atoms with E-state index in [2.05, 4.69) is 23.0 Å². The molecule has 0 unspecified atom stereocenters. The van der Waals surface area contributed by atoms with Crippen LogP contribution in [-0.4, -0.2) is 21.6 Å². The molecule has 3 rings (SSSR count). The number of aryl methyl sites for hydroxylation is 3. The Hall–Kier alpha value is -2.04. The highest BCUT2D eigenvalue weighted by atomic mass is 16.1. The summed E-state index contributed by atoms with van der Waals surface area (Å²) in [6.07, 6.45) is 0. The van der Waals surface area contributed by atoms with Gasteiger partial charge in [0.15, 0.2) is 7.28 Å². The number of benzene rings is 1. The molecule has 1 radical (unpaired) electrons. The van der Waals surface area contributed by atoms with Crippen LogP contribution in [0.4, 0.5) is 0 Å². The van der Waals surface area contributed by atoms with Crippen molar-refractivity contribution in [3.05, 3.63) is 39.3 Å². The minimum absolute atomic E-state index is 0.146. The van der Waals surface area contributed by atoms with Crippen LogP contribution in [-0.2, 0) is 0 Å². The average molecular weight is 252 g/mol. The minimum atomic E-state index is -0.146. The summed E-state index contributed by atoms with van der Waals surface area (Å²) in [6.45, 7) is 8.04. The summed E-state index contributed by atoms with van der Waals surface area (Å²) in [5.41, 5.74) is 6.39. The van der Waals surface area contributed by atoms with Gasteiger partial charge >= 0.3 is 0 Å². The van der Waals surface area contributed by atoms with Gasteiger partial charge in [0.05, 0.1) is 11.0 Å². The van der Waals surface area contributed by atoms with E-state index >= 15 is 0 Å². The molecule has 0 aliphatic heterocycles. The zero-order chi connectivity index (χ0) is 13.7. The Morgan fingerprint density at radius 2 is 1.89 bits per heavy atom. The maximum Gasteiger partial charge on any atom is 0.292 e. The summed E-state index contributed by atoms with van der Waals surface area (Å²) in [6, 6.07) is 4.11. The van der Waals surface area contributed by atoms with Crippen molar-refractivity contribution < 1.29 is 0 Å². The maximum absolute atomic E-state index is 12.1. The van der Waals surface area contributed by atoms with Crippen molar-refractivity contribution in [3.63, 3.8) is 0 Å². The first-order valence-corrected chi connectivity index (χ1v) is 6.34. The van der Waals surface area contributed by atoms with Crippen LogP contribution >= 0.6 is 0 Å². The first-order chi connectivity index (χ1) is 9.02. The molecule has 95 valence electrons. The van der Waals surface area contributed by atoms with Crippen LogP contribution in [0.2, 0.25) is 6.82 Å². The summed E-state index contributed by atoms with van der Waals surface area (Å²) in [7, 11) is 1.93. The Kier molecular flexibility index (Phi) is 2.52. The van der Waals surface area contributed by atoms with E-state index in [-0.39, 0.29) is 5.56 Å². The van der Waals surface area contributed by atoms with Gasteiger partial charge in [0.25, 0.3) is 5.56 Å². The number of aromatic amines is 1. The number of rotatable bonds is 1. The monoisotopic (exact) mass is 252 g/mol. The molecule has 0 amide bonds. The van der Waals surface area contributed by atoms with Crippen molar-refractivity contribution >= 4 is 29.6 Å². The van der Waals surface area contributed by atoms with Crippen molar-refractivity contribution in [2.75, 3.05) is 0 Å². The fourth-order valence-electron chi connectivity index (χ4n) is 2.50. The highest BCUT2D eigenvalue weighted by Gasteiger charge is 2.13. The lowest BCUT2D eigenvalue weighted by Gasteiger charge is -2.07. The van der Waals surface area contributed by atoms with Crippen LogP contribution in [0.25, 0.3) is 16.7 Å². The Labute approximate surface area is 111 Å². The lowest BCUT2D eigenvalue weighted by atomic mass is 9.77. The molecule has 2 heterocycles. The minimum Gasteiger partial charge on any atom is -0.317 e. The van der Waals surface area contributed by atoms with Gasteiger partial charge in [-0.1, -0.05) is 6.82 Å². The van der Waals surface area contributed by atoms with Gasteiger partial charge in [-0.2, -0.15) is 0 Å². The van der Waals surface area contributed by atoms with Crippen LogP contribution in [0.5, 0.6) is 0 Å². The first-order valence-electron chi connectivity index (χ1n) is 6.34. The van der Waals surface area contributed by atoms with Crippen LogP contribution < -0.4 is 11.2 Å². The molecule has 0 atom stereocenters. The topological polar surface area (TPSA) is 50.2 Å².